The van der Waals surface area contributed by atoms with Crippen molar-refractivity contribution >= 4 is 11.6 Å². The average Bonchev–Trinajstić information content (AvgIpc) is 2.74. The van der Waals surface area contributed by atoms with Crippen LogP contribution in [0.25, 0.3) is 11.5 Å². The van der Waals surface area contributed by atoms with Gasteiger partial charge in [0.05, 0.1) is 5.56 Å². The Morgan fingerprint density at radius 1 is 1.43 bits per heavy atom. The van der Waals surface area contributed by atoms with E-state index in [1.165, 1.54) is 0 Å². The van der Waals surface area contributed by atoms with Crippen molar-refractivity contribution in [2.24, 2.45) is 0 Å². The van der Waals surface area contributed by atoms with Crippen LogP contribution in [0.15, 0.2) is 21.2 Å². The Morgan fingerprint density at radius 3 is 2.93 bits per heavy atom. The predicted molar refractivity (Wildman–Crippen MR) is 51.2 cm³/mol. The third-order valence-electron chi connectivity index (χ3n) is 1.75. The van der Waals surface area contributed by atoms with Gasteiger partial charge in [-0.3, -0.25) is 0 Å². The summed E-state index contributed by atoms with van der Waals surface area (Å²) in [5.41, 5.74) is 0.802. The fourth-order valence-corrected chi connectivity index (χ4v) is 1.27. The van der Waals surface area contributed by atoms with Gasteiger partial charge < -0.3 is 8.83 Å². The maximum atomic E-state index is 5.55. The van der Waals surface area contributed by atoms with Gasteiger partial charge in [-0.25, -0.2) is 0 Å². The van der Waals surface area contributed by atoms with Gasteiger partial charge in [-0.05, 0) is 13.0 Å². The predicted octanol–water partition coefficient (Wildman–Crippen LogP) is 2.42. The molecule has 2 rings (SSSR count). The number of hydrogen-bond acceptors (Lipinski definition) is 4. The van der Waals surface area contributed by atoms with E-state index in [1.807, 2.05) is 13.0 Å². The molecule has 0 aliphatic carbocycles. The summed E-state index contributed by atoms with van der Waals surface area (Å²) in [6.45, 7) is 1.86. The highest BCUT2D eigenvalue weighted by molar-refractivity contribution is 6.17. The lowest BCUT2D eigenvalue weighted by Gasteiger charge is -1.85. The molecule has 0 unspecified atom stereocenters. The second kappa shape index (κ2) is 3.84. The molecule has 0 saturated heterocycles. The van der Waals surface area contributed by atoms with E-state index in [0.717, 1.165) is 11.3 Å². The first-order valence-electron chi connectivity index (χ1n) is 4.23. The van der Waals surface area contributed by atoms with Crippen molar-refractivity contribution in [2.45, 2.75) is 13.3 Å². The number of rotatable bonds is 3. The average molecular weight is 213 g/mol. The molecular weight excluding hydrogens is 204 g/mol. The number of nitrogens with zero attached hydrogens (tertiary/aromatic N) is 2. The minimum Gasteiger partial charge on any atom is -0.469 e. The van der Waals surface area contributed by atoms with Gasteiger partial charge in [-0.15, -0.1) is 21.8 Å². The molecule has 0 bridgehead atoms. The molecule has 4 nitrogen and oxygen atoms in total. The summed E-state index contributed by atoms with van der Waals surface area (Å²) in [6, 6.07) is 1.85. The summed E-state index contributed by atoms with van der Waals surface area (Å²) in [5, 5.41) is 7.73. The van der Waals surface area contributed by atoms with E-state index >= 15 is 0 Å². The molecule has 0 radical (unpaired) electrons. The Balaban J connectivity index is 2.24. The van der Waals surface area contributed by atoms with Crippen LogP contribution >= 0.6 is 11.6 Å². The lowest BCUT2D eigenvalue weighted by molar-refractivity contribution is 0.509. The lowest BCUT2D eigenvalue weighted by atomic mass is 10.3. The van der Waals surface area contributed by atoms with Crippen LogP contribution in [0, 0.1) is 6.92 Å². The van der Waals surface area contributed by atoms with Crippen LogP contribution in [0.4, 0.5) is 0 Å². The van der Waals surface area contributed by atoms with Crippen LogP contribution in [0.1, 0.15) is 11.7 Å². The highest BCUT2D eigenvalue weighted by Gasteiger charge is 2.09. The SMILES string of the molecule is Cc1cc(-c2nnc(CCCl)o2)co1. The Bertz CT molecular complexity index is 422. The van der Waals surface area contributed by atoms with Crippen molar-refractivity contribution in [3.8, 4) is 11.5 Å². The van der Waals surface area contributed by atoms with Crippen molar-refractivity contribution in [3.63, 3.8) is 0 Å². The molecule has 0 amide bonds. The molecule has 0 aliphatic rings. The number of aromatic nitrogens is 2. The van der Waals surface area contributed by atoms with Crippen molar-refractivity contribution in [3.05, 3.63) is 24.0 Å². The van der Waals surface area contributed by atoms with Crippen LogP contribution in [-0.2, 0) is 6.42 Å². The Labute approximate surface area is 85.9 Å². The van der Waals surface area contributed by atoms with Crippen molar-refractivity contribution in [1.29, 1.82) is 0 Å². The van der Waals surface area contributed by atoms with E-state index in [1.54, 1.807) is 6.26 Å². The zero-order valence-corrected chi connectivity index (χ0v) is 8.41. The maximum Gasteiger partial charge on any atom is 0.250 e. The minimum atomic E-state index is 0.474. The normalized spacial score (nSPS) is 10.7. The van der Waals surface area contributed by atoms with E-state index in [2.05, 4.69) is 10.2 Å². The Kier molecular flexibility index (Phi) is 2.54. The number of alkyl halides is 1. The fourth-order valence-electron chi connectivity index (χ4n) is 1.11. The molecule has 0 aliphatic heterocycles. The summed E-state index contributed by atoms with van der Waals surface area (Å²) in [4.78, 5) is 0. The fraction of sp³-hybridized carbons (Fsp3) is 0.333. The van der Waals surface area contributed by atoms with E-state index in [0.29, 0.717) is 24.1 Å². The summed E-state index contributed by atoms with van der Waals surface area (Å²) in [7, 11) is 0. The second-order valence-corrected chi connectivity index (χ2v) is 3.26. The van der Waals surface area contributed by atoms with Crippen molar-refractivity contribution in [1.82, 2.24) is 10.2 Å². The lowest BCUT2D eigenvalue weighted by Crippen LogP contribution is -1.84. The minimum absolute atomic E-state index is 0.474. The van der Waals surface area contributed by atoms with Crippen LogP contribution in [0.2, 0.25) is 0 Å². The first kappa shape index (κ1) is 9.27. The van der Waals surface area contributed by atoms with Gasteiger partial charge in [-0.1, -0.05) is 0 Å². The molecule has 2 heterocycles. The van der Waals surface area contributed by atoms with Crippen LogP contribution in [0.3, 0.4) is 0 Å². The van der Waals surface area contributed by atoms with Gasteiger partial charge in [0, 0.05) is 12.3 Å². The smallest absolute Gasteiger partial charge is 0.250 e. The van der Waals surface area contributed by atoms with E-state index in [4.69, 9.17) is 20.4 Å². The van der Waals surface area contributed by atoms with Gasteiger partial charge in [0.15, 0.2) is 0 Å². The van der Waals surface area contributed by atoms with Crippen molar-refractivity contribution < 1.29 is 8.83 Å². The summed E-state index contributed by atoms with van der Waals surface area (Å²) in [5.74, 6) is 2.32. The van der Waals surface area contributed by atoms with Gasteiger partial charge in [0.2, 0.25) is 5.89 Å². The third-order valence-corrected chi connectivity index (χ3v) is 1.94. The molecule has 2 aromatic rings. The monoisotopic (exact) mass is 212 g/mol. The summed E-state index contributed by atoms with van der Waals surface area (Å²) >= 11 is 5.55. The standard InChI is InChI=1S/C9H9ClN2O2/c1-6-4-7(5-13-6)9-12-11-8(14-9)2-3-10/h4-5H,2-3H2,1H3. The molecule has 0 spiro atoms. The number of halogens is 1. The van der Waals surface area contributed by atoms with E-state index in [9.17, 15) is 0 Å². The molecule has 74 valence electrons. The summed E-state index contributed by atoms with van der Waals surface area (Å²) < 4.78 is 10.5. The molecule has 14 heavy (non-hydrogen) atoms. The molecule has 0 aromatic carbocycles. The van der Waals surface area contributed by atoms with Crippen molar-refractivity contribution in [2.75, 3.05) is 5.88 Å². The second-order valence-electron chi connectivity index (χ2n) is 2.89. The van der Waals surface area contributed by atoms with Gasteiger partial charge in [-0.2, -0.15) is 0 Å². The molecule has 2 aromatic heterocycles. The highest BCUT2D eigenvalue weighted by Crippen LogP contribution is 2.20. The quantitative estimate of drug-likeness (QED) is 0.734. The van der Waals surface area contributed by atoms with Gasteiger partial charge in [0.25, 0.3) is 5.89 Å². The van der Waals surface area contributed by atoms with E-state index < -0.39 is 0 Å². The van der Waals surface area contributed by atoms with Gasteiger partial charge >= 0.3 is 0 Å². The number of hydrogen-bond donors (Lipinski definition) is 0. The topological polar surface area (TPSA) is 52.1 Å². The summed E-state index contributed by atoms with van der Waals surface area (Å²) in [6.07, 6.45) is 2.18. The molecule has 0 fully saturated rings. The first-order valence-corrected chi connectivity index (χ1v) is 4.77. The molecule has 0 atom stereocenters. The Morgan fingerprint density at radius 2 is 2.29 bits per heavy atom. The Hall–Kier alpha value is -1.29. The molecule has 5 heteroatoms. The van der Waals surface area contributed by atoms with Gasteiger partial charge in [0.1, 0.15) is 12.0 Å². The molecular formula is C9H9ClN2O2. The maximum absolute atomic E-state index is 5.55. The number of furan rings is 1. The first-order chi connectivity index (χ1) is 6.79. The largest absolute Gasteiger partial charge is 0.469 e. The van der Waals surface area contributed by atoms with Crippen LogP contribution in [0.5, 0.6) is 0 Å². The number of aryl methyl sites for hydroxylation is 2. The van der Waals surface area contributed by atoms with E-state index in [-0.39, 0.29) is 0 Å². The van der Waals surface area contributed by atoms with Crippen LogP contribution < -0.4 is 0 Å². The highest BCUT2D eigenvalue weighted by atomic mass is 35.5. The molecule has 0 saturated carbocycles. The molecule has 0 N–H and O–H groups in total. The van der Waals surface area contributed by atoms with Crippen LogP contribution in [-0.4, -0.2) is 16.1 Å². The third kappa shape index (κ3) is 1.80. The zero-order chi connectivity index (χ0) is 9.97. The zero-order valence-electron chi connectivity index (χ0n) is 7.66.